The number of hydrogen-bond donors (Lipinski definition) is 1. The Balaban J connectivity index is 2.47. The van der Waals surface area contributed by atoms with Gasteiger partial charge >= 0.3 is 6.18 Å². The molecule has 5 heteroatoms. The van der Waals surface area contributed by atoms with E-state index in [1.165, 1.54) is 12.1 Å². The molecule has 2 nitrogen and oxygen atoms in total. The Labute approximate surface area is 89.9 Å². The highest BCUT2D eigenvalue weighted by atomic mass is 19.4. The summed E-state index contributed by atoms with van der Waals surface area (Å²) in [6.07, 6.45) is -5.28. The largest absolute Gasteiger partial charge is 0.418 e. The Kier molecular flexibility index (Phi) is 2.42. The lowest BCUT2D eigenvalue weighted by molar-refractivity contribution is -0.206. The van der Waals surface area contributed by atoms with Gasteiger partial charge in [-0.3, -0.25) is 0 Å². The van der Waals surface area contributed by atoms with Crippen LogP contribution in [0.15, 0.2) is 30.5 Å². The van der Waals surface area contributed by atoms with Gasteiger partial charge in [-0.1, -0.05) is 6.07 Å². The van der Waals surface area contributed by atoms with Gasteiger partial charge < -0.3 is 9.67 Å². The smallest absolute Gasteiger partial charge is 0.379 e. The normalized spacial score (nSPS) is 14.3. The van der Waals surface area contributed by atoms with Crippen LogP contribution in [-0.2, 0) is 7.05 Å². The summed E-state index contributed by atoms with van der Waals surface area (Å²) in [4.78, 5) is 0. The molecule has 16 heavy (non-hydrogen) atoms. The zero-order valence-corrected chi connectivity index (χ0v) is 8.49. The number of aromatic nitrogens is 1. The Hall–Kier alpha value is -1.49. The summed E-state index contributed by atoms with van der Waals surface area (Å²) in [5.74, 6) is 0. The minimum Gasteiger partial charge on any atom is -0.379 e. The summed E-state index contributed by atoms with van der Waals surface area (Å²) in [7, 11) is 1.81. The Morgan fingerprint density at radius 1 is 1.25 bits per heavy atom. The maximum Gasteiger partial charge on any atom is 0.418 e. The van der Waals surface area contributed by atoms with E-state index in [0.29, 0.717) is 5.39 Å². The van der Waals surface area contributed by atoms with E-state index < -0.39 is 12.3 Å². The van der Waals surface area contributed by atoms with Gasteiger partial charge in [0, 0.05) is 18.8 Å². The van der Waals surface area contributed by atoms with Gasteiger partial charge in [-0.05, 0) is 29.1 Å². The number of fused-ring (bicyclic) bond motifs is 1. The van der Waals surface area contributed by atoms with Crippen molar-refractivity contribution < 1.29 is 18.3 Å². The van der Waals surface area contributed by atoms with E-state index in [1.54, 1.807) is 22.9 Å². The third kappa shape index (κ3) is 1.78. The molecule has 0 unspecified atom stereocenters. The first-order chi connectivity index (χ1) is 7.39. The average Bonchev–Trinajstić information content (AvgIpc) is 2.57. The molecule has 0 saturated carbocycles. The van der Waals surface area contributed by atoms with Crippen molar-refractivity contribution in [3.63, 3.8) is 0 Å². The molecule has 0 aliphatic carbocycles. The predicted molar refractivity (Wildman–Crippen MR) is 53.9 cm³/mol. The topological polar surface area (TPSA) is 25.2 Å². The molecule has 1 aromatic carbocycles. The molecule has 0 spiro atoms. The first-order valence-electron chi connectivity index (χ1n) is 4.69. The van der Waals surface area contributed by atoms with Crippen LogP contribution in [0.25, 0.3) is 10.9 Å². The Morgan fingerprint density at radius 2 is 1.94 bits per heavy atom. The standard InChI is InChI=1S/C11H10F3NO/c1-15-5-4-7-6-8(2-3-9(7)15)10(16)11(12,13)14/h2-6,10,16H,1H3/t10-/m1/s1. The number of benzene rings is 1. The molecule has 0 fully saturated rings. The molecule has 1 aromatic heterocycles. The maximum atomic E-state index is 12.3. The monoisotopic (exact) mass is 229 g/mol. The summed E-state index contributed by atoms with van der Waals surface area (Å²) in [6.45, 7) is 0. The summed E-state index contributed by atoms with van der Waals surface area (Å²) in [5.41, 5.74) is 0.698. The second-order valence-electron chi connectivity index (χ2n) is 3.69. The summed E-state index contributed by atoms with van der Waals surface area (Å²) < 4.78 is 38.7. The highest BCUT2D eigenvalue weighted by molar-refractivity contribution is 5.80. The summed E-state index contributed by atoms with van der Waals surface area (Å²) in [5, 5.41) is 9.78. The van der Waals surface area contributed by atoms with Crippen molar-refractivity contribution in [2.24, 2.45) is 7.05 Å². The fraction of sp³-hybridized carbons (Fsp3) is 0.273. The molecule has 0 aliphatic rings. The molecule has 1 atom stereocenters. The molecule has 2 aromatic rings. The SMILES string of the molecule is Cn1ccc2cc([C@@H](O)C(F)(F)F)ccc21. The van der Waals surface area contributed by atoms with Crippen LogP contribution in [0.5, 0.6) is 0 Å². The van der Waals surface area contributed by atoms with Crippen LogP contribution in [0.2, 0.25) is 0 Å². The first-order valence-corrected chi connectivity index (χ1v) is 4.69. The Bertz CT molecular complexity index is 515. The molecular weight excluding hydrogens is 219 g/mol. The summed E-state index contributed by atoms with van der Waals surface area (Å²) in [6, 6.07) is 5.93. The lowest BCUT2D eigenvalue weighted by atomic mass is 10.1. The number of halogens is 3. The number of rotatable bonds is 1. The van der Waals surface area contributed by atoms with Gasteiger partial charge in [0.1, 0.15) is 0 Å². The van der Waals surface area contributed by atoms with Crippen LogP contribution in [0.4, 0.5) is 13.2 Å². The van der Waals surface area contributed by atoms with Crippen molar-refractivity contribution in [3.8, 4) is 0 Å². The van der Waals surface area contributed by atoms with Crippen LogP contribution >= 0.6 is 0 Å². The van der Waals surface area contributed by atoms with Crippen molar-refractivity contribution in [2.75, 3.05) is 0 Å². The third-order valence-corrected chi connectivity index (χ3v) is 2.54. The van der Waals surface area contributed by atoms with E-state index in [9.17, 15) is 13.2 Å². The molecule has 1 N–H and O–H groups in total. The van der Waals surface area contributed by atoms with Crippen LogP contribution in [0, 0.1) is 0 Å². The van der Waals surface area contributed by atoms with Gasteiger partial charge in [0.25, 0.3) is 0 Å². The number of hydrogen-bond acceptors (Lipinski definition) is 1. The quantitative estimate of drug-likeness (QED) is 0.799. The number of aryl methyl sites for hydroxylation is 1. The molecular formula is C11H10F3NO. The van der Waals surface area contributed by atoms with Gasteiger partial charge in [-0.25, -0.2) is 0 Å². The van der Waals surface area contributed by atoms with Crippen molar-refractivity contribution in [1.82, 2.24) is 4.57 Å². The average molecular weight is 229 g/mol. The van der Waals surface area contributed by atoms with Crippen LogP contribution in [0.1, 0.15) is 11.7 Å². The molecule has 1 heterocycles. The fourth-order valence-electron chi connectivity index (χ4n) is 1.66. The van der Waals surface area contributed by atoms with Gasteiger partial charge in [-0.2, -0.15) is 13.2 Å². The summed E-state index contributed by atoms with van der Waals surface area (Å²) >= 11 is 0. The van der Waals surface area contributed by atoms with E-state index in [0.717, 1.165) is 5.52 Å². The van der Waals surface area contributed by atoms with Gasteiger partial charge in [0.05, 0.1) is 0 Å². The van der Waals surface area contributed by atoms with E-state index in [-0.39, 0.29) is 5.56 Å². The molecule has 0 bridgehead atoms. The van der Waals surface area contributed by atoms with E-state index in [2.05, 4.69) is 0 Å². The minimum atomic E-state index is -4.62. The molecule has 0 amide bonds. The number of nitrogens with zero attached hydrogens (tertiary/aromatic N) is 1. The Morgan fingerprint density at radius 3 is 2.56 bits per heavy atom. The van der Waals surface area contributed by atoms with Crippen molar-refractivity contribution >= 4 is 10.9 Å². The number of aliphatic hydroxyl groups is 1. The minimum absolute atomic E-state index is 0.133. The van der Waals surface area contributed by atoms with E-state index in [1.807, 2.05) is 7.05 Å². The van der Waals surface area contributed by atoms with Crippen LogP contribution < -0.4 is 0 Å². The fourth-order valence-corrected chi connectivity index (χ4v) is 1.66. The lowest BCUT2D eigenvalue weighted by Gasteiger charge is -2.14. The van der Waals surface area contributed by atoms with E-state index in [4.69, 9.17) is 5.11 Å². The second kappa shape index (κ2) is 3.52. The lowest BCUT2D eigenvalue weighted by Crippen LogP contribution is -2.20. The van der Waals surface area contributed by atoms with Crippen LogP contribution in [0.3, 0.4) is 0 Å². The van der Waals surface area contributed by atoms with Crippen molar-refractivity contribution in [2.45, 2.75) is 12.3 Å². The molecule has 2 rings (SSSR count). The molecule has 0 saturated heterocycles. The zero-order valence-electron chi connectivity index (χ0n) is 8.49. The second-order valence-corrected chi connectivity index (χ2v) is 3.69. The molecule has 86 valence electrons. The van der Waals surface area contributed by atoms with E-state index >= 15 is 0 Å². The van der Waals surface area contributed by atoms with Gasteiger partial charge in [0.15, 0.2) is 6.10 Å². The molecule has 0 aliphatic heterocycles. The van der Waals surface area contributed by atoms with Crippen molar-refractivity contribution in [1.29, 1.82) is 0 Å². The first kappa shape index (κ1) is 11.0. The van der Waals surface area contributed by atoms with Crippen LogP contribution in [-0.4, -0.2) is 15.8 Å². The highest BCUT2D eigenvalue weighted by Crippen LogP contribution is 2.33. The number of alkyl halides is 3. The predicted octanol–water partition coefficient (Wildman–Crippen LogP) is 2.77. The zero-order chi connectivity index (χ0) is 11.9. The maximum absolute atomic E-state index is 12.3. The number of aliphatic hydroxyl groups excluding tert-OH is 1. The van der Waals surface area contributed by atoms with Gasteiger partial charge in [0.2, 0.25) is 0 Å². The third-order valence-electron chi connectivity index (χ3n) is 2.54. The van der Waals surface area contributed by atoms with Crippen molar-refractivity contribution in [3.05, 3.63) is 36.0 Å². The van der Waals surface area contributed by atoms with Gasteiger partial charge in [-0.15, -0.1) is 0 Å². The molecule has 0 radical (unpaired) electrons. The highest BCUT2D eigenvalue weighted by Gasteiger charge is 2.39.